The van der Waals surface area contributed by atoms with Gasteiger partial charge in [-0.3, -0.25) is 14.6 Å². The van der Waals surface area contributed by atoms with E-state index in [2.05, 4.69) is 10.3 Å². The van der Waals surface area contributed by atoms with Gasteiger partial charge in [0.05, 0.1) is 35.5 Å². The van der Waals surface area contributed by atoms with Crippen molar-refractivity contribution in [1.29, 1.82) is 0 Å². The summed E-state index contributed by atoms with van der Waals surface area (Å²) in [5.41, 5.74) is -0.338. The summed E-state index contributed by atoms with van der Waals surface area (Å²) in [5, 5.41) is 12.0. The van der Waals surface area contributed by atoms with E-state index in [1.807, 2.05) is 0 Å². The number of ether oxygens (including phenoxy) is 2. The second kappa shape index (κ2) is 9.30. The number of carbonyl (C=O) groups is 2. The van der Waals surface area contributed by atoms with Gasteiger partial charge in [0.15, 0.2) is 0 Å². The molecule has 2 aromatic rings. The highest BCUT2D eigenvalue weighted by atomic mass is 35.5. The van der Waals surface area contributed by atoms with Gasteiger partial charge in [0.2, 0.25) is 5.91 Å². The van der Waals surface area contributed by atoms with Crippen LogP contribution in [0.2, 0.25) is 5.02 Å². The van der Waals surface area contributed by atoms with Crippen LogP contribution in [-0.2, 0) is 9.53 Å². The van der Waals surface area contributed by atoms with E-state index in [4.69, 9.17) is 21.1 Å². The Kier molecular flexibility index (Phi) is 6.48. The fourth-order valence-electron chi connectivity index (χ4n) is 4.14. The third kappa shape index (κ3) is 5.11. The summed E-state index contributed by atoms with van der Waals surface area (Å²) < 4.78 is 25.3. The molecule has 8 nitrogen and oxygen atoms in total. The predicted octanol–water partition coefficient (Wildman–Crippen LogP) is 2.54. The van der Waals surface area contributed by atoms with Crippen molar-refractivity contribution in [2.24, 2.45) is 0 Å². The average Bonchev–Trinajstić information content (AvgIpc) is 3.15. The number of aromatic nitrogens is 1. The van der Waals surface area contributed by atoms with Crippen molar-refractivity contribution in [3.8, 4) is 11.5 Å². The zero-order valence-corrected chi connectivity index (χ0v) is 18.0. The van der Waals surface area contributed by atoms with E-state index in [1.54, 1.807) is 4.90 Å². The van der Waals surface area contributed by atoms with E-state index in [1.165, 1.54) is 36.7 Å². The highest BCUT2D eigenvalue weighted by Crippen LogP contribution is 2.36. The number of piperidine rings is 1. The number of halogens is 2. The number of benzene rings is 1. The minimum absolute atomic E-state index is 0.00545. The maximum Gasteiger partial charge on any atom is 0.253 e. The molecule has 0 bridgehead atoms. The van der Waals surface area contributed by atoms with E-state index < -0.39 is 17.3 Å². The van der Waals surface area contributed by atoms with Crippen LogP contribution in [0.15, 0.2) is 36.7 Å². The lowest BCUT2D eigenvalue weighted by atomic mass is 9.89. The molecule has 2 aliphatic rings. The van der Waals surface area contributed by atoms with Crippen LogP contribution in [-0.4, -0.2) is 64.8 Å². The first-order valence-corrected chi connectivity index (χ1v) is 10.7. The van der Waals surface area contributed by atoms with Gasteiger partial charge in [-0.25, -0.2) is 4.39 Å². The van der Waals surface area contributed by atoms with Gasteiger partial charge in [-0.15, -0.1) is 0 Å². The Morgan fingerprint density at radius 2 is 2.22 bits per heavy atom. The average molecular weight is 464 g/mol. The van der Waals surface area contributed by atoms with Crippen LogP contribution in [0, 0.1) is 5.82 Å². The van der Waals surface area contributed by atoms with Crippen molar-refractivity contribution in [2.75, 3.05) is 26.2 Å². The molecule has 0 unspecified atom stereocenters. The summed E-state index contributed by atoms with van der Waals surface area (Å²) >= 11 is 5.82. The highest BCUT2D eigenvalue weighted by molar-refractivity contribution is 6.30. The number of amides is 2. The molecule has 1 spiro atoms. The van der Waals surface area contributed by atoms with E-state index in [0.29, 0.717) is 31.9 Å². The summed E-state index contributed by atoms with van der Waals surface area (Å²) in [6, 6.07) is 5.49. The minimum Gasteiger partial charge on any atom is -0.506 e. The van der Waals surface area contributed by atoms with Gasteiger partial charge in [0.1, 0.15) is 23.4 Å². The van der Waals surface area contributed by atoms with E-state index in [0.717, 1.165) is 12.8 Å². The molecule has 2 aliphatic heterocycles. The first kappa shape index (κ1) is 22.3. The van der Waals surface area contributed by atoms with Gasteiger partial charge in [0.25, 0.3) is 5.91 Å². The van der Waals surface area contributed by atoms with Gasteiger partial charge < -0.3 is 24.8 Å². The summed E-state index contributed by atoms with van der Waals surface area (Å²) in [6.45, 7) is 1.17. The predicted molar refractivity (Wildman–Crippen MR) is 113 cm³/mol. The molecular weight excluding hydrogens is 441 g/mol. The molecule has 0 aliphatic carbocycles. The lowest BCUT2D eigenvalue weighted by molar-refractivity contribution is -0.138. The third-order valence-electron chi connectivity index (χ3n) is 5.65. The zero-order chi connectivity index (χ0) is 22.7. The largest absolute Gasteiger partial charge is 0.506 e. The molecule has 10 heteroatoms. The maximum atomic E-state index is 13.4. The number of nitrogens with one attached hydrogen (secondary N) is 1. The van der Waals surface area contributed by atoms with Crippen molar-refractivity contribution >= 4 is 23.4 Å². The second-order valence-electron chi connectivity index (χ2n) is 8.05. The first-order chi connectivity index (χ1) is 15.3. The van der Waals surface area contributed by atoms with Crippen LogP contribution in [0.25, 0.3) is 0 Å². The molecular formula is C22H23ClFN3O5. The normalized spacial score (nSPS) is 22.7. The van der Waals surface area contributed by atoms with Crippen molar-refractivity contribution in [2.45, 2.75) is 31.0 Å². The molecule has 0 radical (unpaired) electrons. The SMILES string of the molecule is O=C(NCC(=O)N1CCC[C@@]2(C[C@@H](Oc3ccc(F)c(Cl)c3)CO2)C1)c1cncc(O)c1. The summed E-state index contributed by atoms with van der Waals surface area (Å²) in [6.07, 6.45) is 4.46. The number of likely N-dealkylation sites (tertiary alicyclic amines) is 1. The molecule has 2 N–H and O–H groups in total. The topological polar surface area (TPSA) is 101 Å². The fraction of sp³-hybridized carbons (Fsp3) is 0.409. The van der Waals surface area contributed by atoms with Crippen LogP contribution >= 0.6 is 11.6 Å². The Morgan fingerprint density at radius 3 is 3.00 bits per heavy atom. The molecule has 2 atom stereocenters. The van der Waals surface area contributed by atoms with Crippen LogP contribution in [0.1, 0.15) is 29.6 Å². The Bertz CT molecular complexity index is 1020. The number of hydrogen-bond donors (Lipinski definition) is 2. The molecule has 2 amide bonds. The monoisotopic (exact) mass is 463 g/mol. The summed E-state index contributed by atoms with van der Waals surface area (Å²) in [5.74, 6) is -0.872. The van der Waals surface area contributed by atoms with Crippen molar-refractivity contribution in [3.63, 3.8) is 0 Å². The number of pyridine rings is 1. The van der Waals surface area contributed by atoms with Gasteiger partial charge in [0, 0.05) is 31.8 Å². The van der Waals surface area contributed by atoms with E-state index in [-0.39, 0.29) is 34.9 Å². The van der Waals surface area contributed by atoms with E-state index in [9.17, 15) is 19.1 Å². The quantitative estimate of drug-likeness (QED) is 0.706. The van der Waals surface area contributed by atoms with Crippen molar-refractivity contribution in [1.82, 2.24) is 15.2 Å². The van der Waals surface area contributed by atoms with Crippen LogP contribution < -0.4 is 10.1 Å². The molecule has 2 saturated heterocycles. The number of hydrogen-bond acceptors (Lipinski definition) is 6. The highest BCUT2D eigenvalue weighted by Gasteiger charge is 2.45. The lowest BCUT2D eigenvalue weighted by Crippen LogP contribution is -2.52. The number of nitrogens with zero attached hydrogens (tertiary/aromatic N) is 2. The summed E-state index contributed by atoms with van der Waals surface area (Å²) in [7, 11) is 0. The standard InChI is InChI=1S/C22H23ClFN3O5/c23-18-7-16(2-3-19(18)24)32-17-8-22(31-12-17)4-1-5-27(13-22)20(29)11-26-21(30)14-6-15(28)10-25-9-14/h2-3,6-7,9-10,17,28H,1,4-5,8,11-13H2,(H,26,30)/t17-,22-/m1/s1. The molecule has 170 valence electrons. The molecule has 2 fully saturated rings. The summed E-state index contributed by atoms with van der Waals surface area (Å²) in [4.78, 5) is 30.3. The third-order valence-corrected chi connectivity index (χ3v) is 5.94. The Balaban J connectivity index is 1.31. The smallest absolute Gasteiger partial charge is 0.253 e. The Morgan fingerprint density at radius 1 is 1.38 bits per heavy atom. The zero-order valence-electron chi connectivity index (χ0n) is 17.2. The second-order valence-corrected chi connectivity index (χ2v) is 8.45. The fourth-order valence-corrected chi connectivity index (χ4v) is 4.31. The molecule has 1 aromatic carbocycles. The lowest BCUT2D eigenvalue weighted by Gasteiger charge is -2.39. The molecule has 0 saturated carbocycles. The van der Waals surface area contributed by atoms with Gasteiger partial charge in [-0.05, 0) is 31.0 Å². The van der Waals surface area contributed by atoms with Gasteiger partial charge >= 0.3 is 0 Å². The Labute approximate surface area is 189 Å². The van der Waals surface area contributed by atoms with Crippen LogP contribution in [0.5, 0.6) is 11.5 Å². The molecule has 1 aromatic heterocycles. The number of carbonyl (C=O) groups excluding carboxylic acids is 2. The Hall–Kier alpha value is -2.91. The van der Waals surface area contributed by atoms with Crippen molar-refractivity contribution < 1.29 is 28.6 Å². The van der Waals surface area contributed by atoms with Crippen LogP contribution in [0.3, 0.4) is 0 Å². The van der Waals surface area contributed by atoms with Crippen LogP contribution in [0.4, 0.5) is 4.39 Å². The van der Waals surface area contributed by atoms with Crippen molar-refractivity contribution in [3.05, 3.63) is 53.1 Å². The van der Waals surface area contributed by atoms with E-state index >= 15 is 0 Å². The van der Waals surface area contributed by atoms with Gasteiger partial charge in [-0.1, -0.05) is 11.6 Å². The molecule has 3 heterocycles. The number of rotatable bonds is 5. The molecule has 32 heavy (non-hydrogen) atoms. The minimum atomic E-state index is -0.512. The first-order valence-electron chi connectivity index (χ1n) is 10.3. The molecule has 4 rings (SSSR count). The number of aromatic hydroxyl groups is 1. The maximum absolute atomic E-state index is 13.4. The van der Waals surface area contributed by atoms with Gasteiger partial charge in [-0.2, -0.15) is 0 Å².